The number of carbonyl (C=O) groups excluding carboxylic acids is 1. The number of ether oxygens (including phenoxy) is 1. The van der Waals surface area contributed by atoms with Crippen molar-refractivity contribution in [2.75, 3.05) is 6.61 Å². The van der Waals surface area contributed by atoms with Gasteiger partial charge >= 0.3 is 5.97 Å². The topological polar surface area (TPSA) is 87.1 Å². The average molecular weight is 317 g/mol. The number of aliphatic hydroxyl groups excluding tert-OH is 1. The van der Waals surface area contributed by atoms with Crippen LogP contribution in [0.4, 0.5) is 0 Å². The summed E-state index contributed by atoms with van der Waals surface area (Å²) >= 11 is 1.45. The minimum Gasteiger partial charge on any atom is -0.480 e. The molecule has 0 aliphatic carbocycles. The summed E-state index contributed by atoms with van der Waals surface area (Å²) in [6, 6.07) is -0.911. The van der Waals surface area contributed by atoms with Gasteiger partial charge in [-0.25, -0.2) is 4.79 Å². The fraction of sp³-hybridized carbons (Fsp3) is 0.857. The molecule has 21 heavy (non-hydrogen) atoms. The van der Waals surface area contributed by atoms with Crippen LogP contribution in [0.1, 0.15) is 34.1 Å². The van der Waals surface area contributed by atoms with Gasteiger partial charge in [0.15, 0.2) is 0 Å². The molecule has 0 saturated carbocycles. The summed E-state index contributed by atoms with van der Waals surface area (Å²) in [5, 5.41) is 19.1. The number of nitrogens with zero attached hydrogens (tertiary/aromatic N) is 1. The number of carboxylic acids is 1. The summed E-state index contributed by atoms with van der Waals surface area (Å²) in [6.07, 6.45) is -0.341. The van der Waals surface area contributed by atoms with E-state index >= 15 is 0 Å². The van der Waals surface area contributed by atoms with E-state index < -0.39 is 28.8 Å². The molecular weight excluding hydrogens is 294 g/mol. The van der Waals surface area contributed by atoms with E-state index in [0.717, 1.165) is 0 Å². The molecule has 0 aromatic carbocycles. The molecule has 2 heterocycles. The average Bonchev–Trinajstić information content (AvgIpc) is 2.66. The van der Waals surface area contributed by atoms with Crippen molar-refractivity contribution in [1.29, 1.82) is 0 Å². The van der Waals surface area contributed by atoms with Gasteiger partial charge in [-0.15, -0.1) is 11.8 Å². The molecule has 2 rings (SSSR count). The van der Waals surface area contributed by atoms with E-state index in [9.17, 15) is 19.8 Å². The minimum absolute atomic E-state index is 0.248. The van der Waals surface area contributed by atoms with Crippen LogP contribution in [0, 0.1) is 5.92 Å². The quantitative estimate of drug-likeness (QED) is 0.709. The fourth-order valence-corrected chi connectivity index (χ4v) is 5.55. The highest BCUT2D eigenvalue weighted by Crippen LogP contribution is 2.56. The Bertz CT molecular complexity index is 443. The Morgan fingerprint density at radius 3 is 2.57 bits per heavy atom. The number of hydrogen-bond acceptors (Lipinski definition) is 5. The van der Waals surface area contributed by atoms with E-state index in [1.54, 1.807) is 6.92 Å². The SMILES string of the molecule is CCOC(CC)C1(C)SC2C(C(C)O)C(=O)N2C1C(=O)O. The van der Waals surface area contributed by atoms with Gasteiger partial charge < -0.3 is 19.8 Å². The van der Waals surface area contributed by atoms with Crippen LogP contribution >= 0.6 is 11.8 Å². The van der Waals surface area contributed by atoms with Gasteiger partial charge in [0.2, 0.25) is 5.91 Å². The Morgan fingerprint density at radius 1 is 1.52 bits per heavy atom. The monoisotopic (exact) mass is 317 g/mol. The third kappa shape index (κ3) is 2.35. The first-order chi connectivity index (χ1) is 9.79. The molecule has 0 bridgehead atoms. The van der Waals surface area contributed by atoms with Crippen molar-refractivity contribution in [1.82, 2.24) is 4.90 Å². The van der Waals surface area contributed by atoms with Crippen molar-refractivity contribution in [3.63, 3.8) is 0 Å². The van der Waals surface area contributed by atoms with Gasteiger partial charge in [0.25, 0.3) is 0 Å². The van der Waals surface area contributed by atoms with E-state index in [4.69, 9.17) is 4.74 Å². The molecule has 6 unspecified atom stereocenters. The number of aliphatic hydroxyl groups is 1. The predicted octanol–water partition coefficient (Wildman–Crippen LogP) is 0.925. The minimum atomic E-state index is -1.01. The van der Waals surface area contributed by atoms with Crippen LogP contribution in [0.15, 0.2) is 0 Å². The van der Waals surface area contributed by atoms with Crippen molar-refractivity contribution >= 4 is 23.6 Å². The summed E-state index contributed by atoms with van der Waals surface area (Å²) in [5.41, 5.74) is 0. The summed E-state index contributed by atoms with van der Waals surface area (Å²) in [4.78, 5) is 25.3. The van der Waals surface area contributed by atoms with Crippen molar-refractivity contribution in [3.8, 4) is 0 Å². The van der Waals surface area contributed by atoms with Gasteiger partial charge in [0.1, 0.15) is 6.04 Å². The molecule has 2 fully saturated rings. The zero-order valence-electron chi connectivity index (χ0n) is 12.8. The number of β-lactam (4-membered cyclic amide) rings is 1. The molecule has 0 aromatic rings. The second-order valence-electron chi connectivity index (χ2n) is 5.80. The van der Waals surface area contributed by atoms with E-state index in [1.807, 2.05) is 20.8 Å². The largest absolute Gasteiger partial charge is 0.480 e. The number of carbonyl (C=O) groups is 2. The van der Waals surface area contributed by atoms with Gasteiger partial charge in [-0.2, -0.15) is 0 Å². The highest BCUT2D eigenvalue weighted by molar-refractivity contribution is 8.01. The Morgan fingerprint density at radius 2 is 2.14 bits per heavy atom. The first-order valence-corrected chi connectivity index (χ1v) is 8.20. The molecule has 0 radical (unpaired) electrons. The number of amides is 1. The molecule has 7 heteroatoms. The molecule has 1 amide bonds. The van der Waals surface area contributed by atoms with Crippen LogP contribution in [-0.2, 0) is 14.3 Å². The van der Waals surface area contributed by atoms with Crippen LogP contribution in [0.5, 0.6) is 0 Å². The molecule has 2 aliphatic rings. The fourth-order valence-electron chi connectivity index (χ4n) is 3.47. The zero-order chi connectivity index (χ0) is 15.9. The van der Waals surface area contributed by atoms with Crippen molar-refractivity contribution < 1.29 is 24.5 Å². The van der Waals surface area contributed by atoms with Crippen LogP contribution in [0.2, 0.25) is 0 Å². The van der Waals surface area contributed by atoms with Crippen molar-refractivity contribution in [3.05, 3.63) is 0 Å². The summed E-state index contributed by atoms with van der Waals surface area (Å²) in [7, 11) is 0. The van der Waals surface area contributed by atoms with Gasteiger partial charge in [0, 0.05) is 6.61 Å². The van der Waals surface area contributed by atoms with E-state index in [0.29, 0.717) is 13.0 Å². The molecule has 2 N–H and O–H groups in total. The van der Waals surface area contributed by atoms with E-state index in [2.05, 4.69) is 0 Å². The second-order valence-corrected chi connectivity index (χ2v) is 7.40. The lowest BCUT2D eigenvalue weighted by Crippen LogP contribution is -2.66. The molecule has 2 saturated heterocycles. The molecule has 0 aromatic heterocycles. The van der Waals surface area contributed by atoms with Crippen molar-refractivity contribution in [2.45, 2.75) is 62.5 Å². The first kappa shape index (κ1) is 16.6. The Hall–Kier alpha value is -0.790. The summed E-state index contributed by atoms with van der Waals surface area (Å²) < 4.78 is 5.02. The molecule has 0 spiro atoms. The maximum absolute atomic E-state index is 12.2. The van der Waals surface area contributed by atoms with Gasteiger partial charge in [-0.3, -0.25) is 4.79 Å². The van der Waals surface area contributed by atoms with Gasteiger partial charge in [0.05, 0.1) is 28.2 Å². The number of rotatable bonds is 6. The number of aliphatic carboxylic acids is 1. The van der Waals surface area contributed by atoms with Gasteiger partial charge in [-0.1, -0.05) is 6.92 Å². The zero-order valence-corrected chi connectivity index (χ0v) is 13.6. The maximum Gasteiger partial charge on any atom is 0.328 e. The summed E-state index contributed by atoms with van der Waals surface area (Å²) in [5.74, 6) is -1.80. The van der Waals surface area contributed by atoms with Crippen molar-refractivity contribution in [2.24, 2.45) is 5.92 Å². The standard InChI is InChI=1S/C14H23NO5S/c1-5-8(20-6-2)14(4)10(13(18)19)15-11(17)9(7(3)16)12(15)21-14/h7-10,12,16H,5-6H2,1-4H3,(H,18,19). The number of fused-ring (bicyclic) bond motifs is 1. The number of hydrogen-bond donors (Lipinski definition) is 2. The number of carboxylic acid groups (broad SMARTS) is 1. The lowest BCUT2D eigenvalue weighted by Gasteiger charge is -2.45. The highest BCUT2D eigenvalue weighted by atomic mass is 32.2. The Balaban J connectivity index is 2.34. The van der Waals surface area contributed by atoms with E-state index in [-0.39, 0.29) is 17.4 Å². The van der Waals surface area contributed by atoms with E-state index in [1.165, 1.54) is 16.7 Å². The number of thioether (sulfide) groups is 1. The molecule has 120 valence electrons. The lowest BCUT2D eigenvalue weighted by atomic mass is 9.85. The van der Waals surface area contributed by atoms with Crippen LogP contribution in [-0.4, -0.2) is 62.0 Å². The molecular formula is C14H23NO5S. The van der Waals surface area contributed by atoms with Crippen LogP contribution < -0.4 is 0 Å². The van der Waals surface area contributed by atoms with Crippen LogP contribution in [0.25, 0.3) is 0 Å². The highest BCUT2D eigenvalue weighted by Gasteiger charge is 2.67. The summed E-state index contributed by atoms with van der Waals surface area (Å²) in [6.45, 7) is 7.75. The smallest absolute Gasteiger partial charge is 0.328 e. The van der Waals surface area contributed by atoms with Gasteiger partial charge in [-0.05, 0) is 27.2 Å². The van der Waals surface area contributed by atoms with Crippen LogP contribution in [0.3, 0.4) is 0 Å². The second kappa shape index (κ2) is 5.78. The Labute approximate surface area is 128 Å². The third-order valence-corrected chi connectivity index (χ3v) is 6.20. The molecule has 6 nitrogen and oxygen atoms in total. The predicted molar refractivity (Wildman–Crippen MR) is 78.9 cm³/mol. The molecule has 6 atom stereocenters. The normalized spacial score (nSPS) is 37.9. The Kier molecular flexibility index (Phi) is 4.56. The first-order valence-electron chi connectivity index (χ1n) is 7.32. The third-order valence-electron chi connectivity index (χ3n) is 4.45. The molecule has 2 aliphatic heterocycles. The lowest BCUT2D eigenvalue weighted by molar-refractivity contribution is -0.170. The maximum atomic E-state index is 12.2.